The van der Waals surface area contributed by atoms with Crippen molar-refractivity contribution in [2.24, 2.45) is 0 Å². The fraction of sp³-hybridized carbons (Fsp3) is 0. The highest BCUT2D eigenvalue weighted by molar-refractivity contribution is 6.23. The molecule has 0 radical (unpaired) electrons. The molecule has 0 fully saturated rings. The molecule has 8 aromatic rings. The van der Waals surface area contributed by atoms with Crippen LogP contribution in [-0.2, 0) is 0 Å². The lowest BCUT2D eigenvalue weighted by Gasteiger charge is -2.17. The van der Waals surface area contributed by atoms with Gasteiger partial charge in [0.2, 0.25) is 0 Å². The van der Waals surface area contributed by atoms with Crippen molar-refractivity contribution in [3.63, 3.8) is 0 Å². The van der Waals surface area contributed by atoms with Crippen molar-refractivity contribution in [3.05, 3.63) is 121 Å². The van der Waals surface area contributed by atoms with Crippen molar-refractivity contribution in [2.75, 3.05) is 0 Å². The Bertz CT molecular complexity index is 2450. The minimum atomic E-state index is -0.435. The standard InChI is InChI=1S/C34H20O2/c1-2-8-21(9-3-1)32-23-10-4-6-12-25(23)33(26-13-7-5-11-24(26)32)22-14-15-27-31(20-22)36-30-17-16-29-28(34(27)30)18-19-35-29/h1-20H/i4D,5D,6D,7D,10D,11D,12D,13D. The lowest BCUT2D eigenvalue weighted by Crippen LogP contribution is -1.90. The molecular weight excluding hydrogens is 440 g/mol. The maximum absolute atomic E-state index is 9.08. The fourth-order valence-electron chi connectivity index (χ4n) is 5.28. The Morgan fingerprint density at radius 2 is 1.11 bits per heavy atom. The third kappa shape index (κ3) is 2.67. The van der Waals surface area contributed by atoms with Crippen molar-refractivity contribution in [2.45, 2.75) is 0 Å². The van der Waals surface area contributed by atoms with Gasteiger partial charge in [-0.2, -0.15) is 0 Å². The molecule has 36 heavy (non-hydrogen) atoms. The van der Waals surface area contributed by atoms with E-state index in [-0.39, 0.29) is 51.3 Å². The summed E-state index contributed by atoms with van der Waals surface area (Å²) in [5.74, 6) is 0. The van der Waals surface area contributed by atoms with Crippen LogP contribution in [0.15, 0.2) is 130 Å². The molecule has 0 saturated carbocycles. The highest BCUT2D eigenvalue weighted by Gasteiger charge is 2.18. The van der Waals surface area contributed by atoms with Gasteiger partial charge < -0.3 is 8.83 Å². The molecule has 2 nitrogen and oxygen atoms in total. The average molecular weight is 469 g/mol. The van der Waals surface area contributed by atoms with Crippen LogP contribution in [0, 0.1) is 0 Å². The quantitative estimate of drug-likeness (QED) is 0.236. The van der Waals surface area contributed by atoms with Crippen LogP contribution in [0.3, 0.4) is 0 Å². The number of benzene rings is 6. The highest BCUT2D eigenvalue weighted by Crippen LogP contribution is 2.45. The zero-order valence-electron chi connectivity index (χ0n) is 26.7. The Kier molecular flexibility index (Phi) is 2.71. The van der Waals surface area contributed by atoms with Gasteiger partial charge in [-0.1, -0.05) is 84.7 Å². The second kappa shape index (κ2) is 7.34. The van der Waals surface area contributed by atoms with E-state index < -0.39 is 24.2 Å². The second-order valence-electron chi connectivity index (χ2n) is 8.70. The molecule has 0 aliphatic heterocycles. The first-order chi connectivity index (χ1) is 21.2. The number of fused-ring (bicyclic) bond motifs is 7. The summed E-state index contributed by atoms with van der Waals surface area (Å²) in [6.07, 6.45) is 1.62. The first-order valence-corrected chi connectivity index (χ1v) is 11.5. The zero-order valence-corrected chi connectivity index (χ0v) is 18.7. The van der Waals surface area contributed by atoms with E-state index in [0.717, 1.165) is 16.2 Å². The summed E-state index contributed by atoms with van der Waals surface area (Å²) in [7, 11) is 0. The predicted molar refractivity (Wildman–Crippen MR) is 149 cm³/mol. The number of rotatable bonds is 2. The van der Waals surface area contributed by atoms with E-state index in [1.165, 1.54) is 0 Å². The van der Waals surface area contributed by atoms with Crippen molar-refractivity contribution >= 4 is 54.5 Å². The van der Waals surface area contributed by atoms with E-state index in [9.17, 15) is 0 Å². The smallest absolute Gasteiger partial charge is 0.136 e. The molecule has 0 unspecified atom stereocenters. The van der Waals surface area contributed by atoms with Gasteiger partial charge in [-0.15, -0.1) is 0 Å². The number of hydrogen-bond donors (Lipinski definition) is 0. The normalized spacial score (nSPS) is 15.0. The van der Waals surface area contributed by atoms with E-state index in [0.29, 0.717) is 33.4 Å². The highest BCUT2D eigenvalue weighted by atomic mass is 16.3. The molecule has 168 valence electrons. The molecule has 2 heteroatoms. The van der Waals surface area contributed by atoms with Crippen LogP contribution in [0.2, 0.25) is 0 Å². The summed E-state index contributed by atoms with van der Waals surface area (Å²) in [5, 5.41) is 3.27. The van der Waals surface area contributed by atoms with E-state index in [4.69, 9.17) is 19.8 Å². The molecule has 6 aromatic carbocycles. The lowest BCUT2D eigenvalue weighted by molar-refractivity contribution is 0.615. The first-order valence-electron chi connectivity index (χ1n) is 15.5. The Morgan fingerprint density at radius 3 is 1.81 bits per heavy atom. The Labute approximate surface area is 218 Å². The SMILES string of the molecule is [2H]c1c([2H])c([2H])c2c(-c3ccc4c(c3)oc3ccc5occc5c34)c3c([2H])c([2H])c([2H])c([2H])c3c(-c3ccccc3)c2c1[2H]. The van der Waals surface area contributed by atoms with Gasteiger partial charge in [0.15, 0.2) is 0 Å². The van der Waals surface area contributed by atoms with E-state index in [1.807, 2.05) is 30.3 Å². The van der Waals surface area contributed by atoms with Crippen molar-refractivity contribution < 1.29 is 19.8 Å². The Hall–Kier alpha value is -4.82. The molecule has 0 saturated heterocycles. The Balaban J connectivity index is 1.63. The van der Waals surface area contributed by atoms with Gasteiger partial charge in [-0.05, 0) is 74.1 Å². The molecule has 8 rings (SSSR count). The van der Waals surface area contributed by atoms with Gasteiger partial charge in [0, 0.05) is 16.2 Å². The molecule has 0 spiro atoms. The maximum Gasteiger partial charge on any atom is 0.136 e. The summed E-state index contributed by atoms with van der Waals surface area (Å²) in [6.45, 7) is 0. The largest absolute Gasteiger partial charge is 0.464 e. The van der Waals surface area contributed by atoms with Crippen LogP contribution < -0.4 is 0 Å². The summed E-state index contributed by atoms with van der Waals surface area (Å²) in [6, 6.07) is 17.0. The monoisotopic (exact) mass is 468 g/mol. The van der Waals surface area contributed by atoms with Crippen molar-refractivity contribution in [1.29, 1.82) is 0 Å². The van der Waals surface area contributed by atoms with E-state index in [1.54, 1.807) is 42.7 Å². The van der Waals surface area contributed by atoms with Crippen molar-refractivity contribution in [3.8, 4) is 22.3 Å². The van der Waals surface area contributed by atoms with Gasteiger partial charge >= 0.3 is 0 Å². The molecule has 0 N–H and O–H groups in total. The third-order valence-corrected chi connectivity index (χ3v) is 6.79. The lowest BCUT2D eigenvalue weighted by atomic mass is 9.86. The summed E-state index contributed by atoms with van der Waals surface area (Å²) < 4.78 is 82.3. The fourth-order valence-corrected chi connectivity index (χ4v) is 5.28. The molecule has 2 aromatic heterocycles. The first kappa shape index (κ1) is 13.3. The molecule has 0 aliphatic rings. The minimum absolute atomic E-state index is 0.167. The maximum atomic E-state index is 9.08. The van der Waals surface area contributed by atoms with Crippen LogP contribution >= 0.6 is 0 Å². The molecular formula is C34H20O2. The van der Waals surface area contributed by atoms with E-state index in [2.05, 4.69) is 0 Å². The van der Waals surface area contributed by atoms with E-state index >= 15 is 0 Å². The van der Waals surface area contributed by atoms with Gasteiger partial charge in [0.25, 0.3) is 0 Å². The number of furan rings is 2. The van der Waals surface area contributed by atoms with Gasteiger partial charge in [-0.25, -0.2) is 0 Å². The molecule has 0 amide bonds. The van der Waals surface area contributed by atoms with Crippen molar-refractivity contribution in [1.82, 2.24) is 0 Å². The Morgan fingerprint density at radius 1 is 0.500 bits per heavy atom. The third-order valence-electron chi connectivity index (χ3n) is 6.79. The van der Waals surface area contributed by atoms with Gasteiger partial charge in [0.1, 0.15) is 16.7 Å². The molecule has 0 aliphatic carbocycles. The molecule has 0 atom stereocenters. The zero-order chi connectivity index (χ0) is 30.6. The van der Waals surface area contributed by atoms with Crippen LogP contribution in [0.1, 0.15) is 11.0 Å². The number of hydrogen-bond acceptors (Lipinski definition) is 2. The average Bonchev–Trinajstić information content (AvgIpc) is 3.67. The summed E-state index contributed by atoms with van der Waals surface area (Å²) in [4.78, 5) is 0. The summed E-state index contributed by atoms with van der Waals surface area (Å²) in [5.41, 5.74) is 3.54. The van der Waals surface area contributed by atoms with Crippen LogP contribution in [-0.4, -0.2) is 0 Å². The molecule has 0 bridgehead atoms. The van der Waals surface area contributed by atoms with Crippen LogP contribution in [0.5, 0.6) is 0 Å². The minimum Gasteiger partial charge on any atom is -0.464 e. The van der Waals surface area contributed by atoms with Gasteiger partial charge in [-0.3, -0.25) is 0 Å². The predicted octanol–water partition coefficient (Wildman–Crippen LogP) is 9.97. The topological polar surface area (TPSA) is 26.3 Å². The molecule has 2 heterocycles. The van der Waals surface area contributed by atoms with Crippen LogP contribution in [0.4, 0.5) is 0 Å². The van der Waals surface area contributed by atoms with Crippen LogP contribution in [0.25, 0.3) is 76.7 Å². The second-order valence-corrected chi connectivity index (χ2v) is 8.70. The van der Waals surface area contributed by atoms with Gasteiger partial charge in [0.05, 0.1) is 17.2 Å². The summed E-state index contributed by atoms with van der Waals surface area (Å²) >= 11 is 0.